The van der Waals surface area contributed by atoms with Crippen molar-refractivity contribution in [2.75, 3.05) is 18.8 Å². The third-order valence-electron chi connectivity index (χ3n) is 3.29. The fourth-order valence-corrected chi connectivity index (χ4v) is 5.39. The summed E-state index contributed by atoms with van der Waals surface area (Å²) in [6, 6.07) is 0.117. The van der Waals surface area contributed by atoms with E-state index in [2.05, 4.69) is 9.71 Å². The summed E-state index contributed by atoms with van der Waals surface area (Å²) >= 11 is 3.29. The fraction of sp³-hybridized carbons (Fsp3) is 0.750. The normalized spacial score (nSPS) is 21.1. The van der Waals surface area contributed by atoms with Crippen LogP contribution < -0.4 is 4.72 Å². The Kier molecular flexibility index (Phi) is 6.28. The van der Waals surface area contributed by atoms with Crippen molar-refractivity contribution in [3.8, 4) is 0 Å². The van der Waals surface area contributed by atoms with Gasteiger partial charge in [0.2, 0.25) is 0 Å². The molecule has 0 spiro atoms. The Morgan fingerprint density at radius 2 is 2.40 bits per heavy atom. The van der Waals surface area contributed by atoms with Gasteiger partial charge < -0.3 is 0 Å². The van der Waals surface area contributed by atoms with Gasteiger partial charge >= 0.3 is 0 Å². The van der Waals surface area contributed by atoms with Crippen LogP contribution in [0.5, 0.6) is 0 Å². The van der Waals surface area contributed by atoms with E-state index in [9.17, 15) is 8.42 Å². The first-order valence-corrected chi connectivity index (χ1v) is 10.2. The topological polar surface area (TPSA) is 62.3 Å². The molecule has 114 valence electrons. The van der Waals surface area contributed by atoms with Crippen LogP contribution in [0, 0.1) is 0 Å². The second-order valence-corrected chi connectivity index (χ2v) is 8.80. The lowest BCUT2D eigenvalue weighted by Gasteiger charge is -2.32. The van der Waals surface area contributed by atoms with Crippen molar-refractivity contribution < 1.29 is 8.42 Å². The van der Waals surface area contributed by atoms with Gasteiger partial charge in [-0.1, -0.05) is 18.2 Å². The van der Waals surface area contributed by atoms with Crippen molar-refractivity contribution in [2.24, 2.45) is 0 Å². The third kappa shape index (κ3) is 4.70. The van der Waals surface area contributed by atoms with Crippen molar-refractivity contribution in [2.45, 2.75) is 43.0 Å². The van der Waals surface area contributed by atoms with E-state index < -0.39 is 10.2 Å². The molecule has 1 N–H and O–H groups in total. The number of hydrogen-bond donors (Lipinski definition) is 1. The zero-order valence-electron chi connectivity index (χ0n) is 11.6. The van der Waals surface area contributed by atoms with E-state index in [0.29, 0.717) is 13.1 Å². The highest BCUT2D eigenvalue weighted by molar-refractivity contribution is 8.01. The van der Waals surface area contributed by atoms with Crippen molar-refractivity contribution in [3.05, 3.63) is 11.6 Å². The van der Waals surface area contributed by atoms with Crippen LogP contribution in [-0.4, -0.2) is 42.6 Å². The van der Waals surface area contributed by atoms with Crippen molar-refractivity contribution in [1.82, 2.24) is 14.0 Å². The van der Waals surface area contributed by atoms with Gasteiger partial charge in [0.15, 0.2) is 0 Å². The van der Waals surface area contributed by atoms with Crippen LogP contribution in [0.15, 0.2) is 15.9 Å². The molecule has 0 saturated carbocycles. The number of nitrogens with zero attached hydrogens (tertiary/aromatic N) is 2. The van der Waals surface area contributed by atoms with E-state index in [1.54, 1.807) is 33.6 Å². The molecule has 0 aliphatic carbocycles. The van der Waals surface area contributed by atoms with Crippen LogP contribution in [0.4, 0.5) is 0 Å². The highest BCUT2D eigenvalue weighted by Crippen LogP contribution is 2.21. The molecule has 2 heterocycles. The first kappa shape index (κ1) is 16.2. The van der Waals surface area contributed by atoms with Gasteiger partial charge in [0.1, 0.15) is 4.34 Å². The molecule has 1 atom stereocenters. The van der Waals surface area contributed by atoms with Crippen LogP contribution >= 0.6 is 23.1 Å². The molecule has 1 saturated heterocycles. The number of aromatic nitrogens is 1. The Labute approximate surface area is 129 Å². The van der Waals surface area contributed by atoms with Gasteiger partial charge in [-0.15, -0.1) is 11.3 Å². The van der Waals surface area contributed by atoms with Crippen LogP contribution in [0.2, 0.25) is 0 Å². The molecular formula is C12H21N3O2S3. The Hall–Kier alpha value is -0.150. The predicted octanol–water partition coefficient (Wildman–Crippen LogP) is 2.33. The standard InChI is InChI=1S/C12H21N3O2S3/c1-11-5-2-3-8-15(11)20(16,17)14-6-4-9-18-12-13-7-10-19-12/h7,10-11,14H,2-6,8-9H2,1H3. The number of piperidine rings is 1. The van der Waals surface area contributed by atoms with Crippen LogP contribution in [0.3, 0.4) is 0 Å². The third-order valence-corrected chi connectivity index (χ3v) is 7.07. The summed E-state index contributed by atoms with van der Waals surface area (Å²) < 4.78 is 29.7. The number of thiazole rings is 1. The lowest BCUT2D eigenvalue weighted by molar-refractivity contribution is 0.265. The summed E-state index contributed by atoms with van der Waals surface area (Å²) in [5.41, 5.74) is 0. The van der Waals surface area contributed by atoms with E-state index in [0.717, 1.165) is 35.8 Å². The Morgan fingerprint density at radius 1 is 1.55 bits per heavy atom. The van der Waals surface area contributed by atoms with Gasteiger partial charge in [0.25, 0.3) is 10.2 Å². The van der Waals surface area contributed by atoms with Crippen LogP contribution in [0.1, 0.15) is 32.6 Å². The van der Waals surface area contributed by atoms with E-state index in [1.165, 1.54) is 0 Å². The molecule has 5 nitrogen and oxygen atoms in total. The second kappa shape index (κ2) is 7.74. The Morgan fingerprint density at radius 3 is 3.10 bits per heavy atom. The number of rotatable bonds is 7. The second-order valence-electron chi connectivity index (χ2n) is 4.85. The first-order valence-electron chi connectivity index (χ1n) is 6.88. The molecule has 1 aliphatic rings. The lowest BCUT2D eigenvalue weighted by atomic mass is 10.1. The maximum Gasteiger partial charge on any atom is 0.279 e. The van der Waals surface area contributed by atoms with Crippen LogP contribution in [-0.2, 0) is 10.2 Å². The number of nitrogens with one attached hydrogen (secondary N) is 1. The van der Waals surface area contributed by atoms with Gasteiger partial charge in [-0.25, -0.2) is 9.71 Å². The summed E-state index contributed by atoms with van der Waals surface area (Å²) in [6.45, 7) is 3.12. The molecule has 1 aromatic rings. The van der Waals surface area contributed by atoms with E-state index in [-0.39, 0.29) is 6.04 Å². The Balaban J connectivity index is 1.69. The van der Waals surface area contributed by atoms with E-state index in [4.69, 9.17) is 0 Å². The van der Waals surface area contributed by atoms with E-state index in [1.807, 2.05) is 12.3 Å². The summed E-state index contributed by atoms with van der Waals surface area (Å²) in [4.78, 5) is 4.18. The molecule has 1 unspecified atom stereocenters. The quantitative estimate of drug-likeness (QED) is 0.614. The molecular weight excluding hydrogens is 314 g/mol. The fourth-order valence-electron chi connectivity index (χ4n) is 2.23. The maximum atomic E-state index is 12.2. The maximum absolute atomic E-state index is 12.2. The predicted molar refractivity (Wildman–Crippen MR) is 84.4 cm³/mol. The minimum absolute atomic E-state index is 0.117. The molecule has 0 radical (unpaired) electrons. The molecule has 0 aromatic carbocycles. The highest BCUT2D eigenvalue weighted by atomic mass is 32.2. The molecule has 8 heteroatoms. The SMILES string of the molecule is CC1CCCCN1S(=O)(=O)NCCCSc1nccs1. The monoisotopic (exact) mass is 335 g/mol. The summed E-state index contributed by atoms with van der Waals surface area (Å²) in [6.07, 6.45) is 5.64. The van der Waals surface area contributed by atoms with Gasteiger partial charge in [0, 0.05) is 36.5 Å². The Bertz CT molecular complexity index is 490. The molecule has 0 amide bonds. The van der Waals surface area contributed by atoms with Crippen molar-refractivity contribution >= 4 is 33.3 Å². The smallest absolute Gasteiger partial charge is 0.238 e. The van der Waals surface area contributed by atoms with Crippen LogP contribution in [0.25, 0.3) is 0 Å². The molecule has 2 rings (SSSR count). The summed E-state index contributed by atoms with van der Waals surface area (Å²) in [5.74, 6) is 0.881. The van der Waals surface area contributed by atoms with Gasteiger partial charge in [-0.2, -0.15) is 12.7 Å². The largest absolute Gasteiger partial charge is 0.279 e. The molecule has 1 aliphatic heterocycles. The zero-order chi connectivity index (χ0) is 14.4. The first-order chi connectivity index (χ1) is 9.59. The zero-order valence-corrected chi connectivity index (χ0v) is 14.1. The minimum atomic E-state index is -3.31. The molecule has 0 bridgehead atoms. The van der Waals surface area contributed by atoms with Gasteiger partial charge in [-0.3, -0.25) is 0 Å². The number of thioether (sulfide) groups is 1. The minimum Gasteiger partial charge on any atom is -0.238 e. The van der Waals surface area contributed by atoms with Gasteiger partial charge in [0.05, 0.1) is 0 Å². The average Bonchev–Trinajstić information content (AvgIpc) is 2.91. The molecule has 1 fully saturated rings. The molecule has 20 heavy (non-hydrogen) atoms. The summed E-state index contributed by atoms with van der Waals surface area (Å²) in [7, 11) is -3.31. The molecule has 1 aromatic heterocycles. The van der Waals surface area contributed by atoms with E-state index >= 15 is 0 Å². The average molecular weight is 336 g/mol. The lowest BCUT2D eigenvalue weighted by Crippen LogP contribution is -2.48. The van der Waals surface area contributed by atoms with Gasteiger partial charge in [-0.05, 0) is 26.2 Å². The van der Waals surface area contributed by atoms with Crippen molar-refractivity contribution in [3.63, 3.8) is 0 Å². The highest BCUT2D eigenvalue weighted by Gasteiger charge is 2.28. The summed E-state index contributed by atoms with van der Waals surface area (Å²) in [5, 5.41) is 1.95. The van der Waals surface area contributed by atoms with Crippen molar-refractivity contribution in [1.29, 1.82) is 0 Å². The number of hydrogen-bond acceptors (Lipinski definition) is 5.